The molecule has 1 amide bonds. The molecule has 9 nitrogen and oxygen atoms in total. The summed E-state index contributed by atoms with van der Waals surface area (Å²) in [6, 6.07) is 18.0. The van der Waals surface area contributed by atoms with Crippen LogP contribution in [0.5, 0.6) is 5.75 Å². The maximum Gasteiger partial charge on any atom is 0.257 e. The number of aromatic nitrogens is 5. The van der Waals surface area contributed by atoms with Crippen LogP contribution < -0.4 is 15.4 Å². The Balaban J connectivity index is 1.29. The minimum absolute atomic E-state index is 0.174. The van der Waals surface area contributed by atoms with E-state index in [1.54, 1.807) is 30.1 Å². The van der Waals surface area contributed by atoms with Gasteiger partial charge in [-0.15, -0.1) is 10.2 Å². The Kier molecular flexibility index (Phi) is 5.17. The van der Waals surface area contributed by atoms with E-state index < -0.39 is 0 Å². The number of methoxy groups -OCH3 is 1. The second-order valence-electron chi connectivity index (χ2n) is 6.77. The van der Waals surface area contributed by atoms with Crippen molar-refractivity contribution in [1.29, 1.82) is 0 Å². The molecule has 0 saturated heterocycles. The van der Waals surface area contributed by atoms with Crippen molar-refractivity contribution < 1.29 is 9.53 Å². The molecule has 0 bridgehead atoms. The van der Waals surface area contributed by atoms with Gasteiger partial charge in [-0.3, -0.25) is 10.1 Å². The first-order valence-electron chi connectivity index (χ1n) is 9.45. The minimum Gasteiger partial charge on any atom is -0.497 e. The summed E-state index contributed by atoms with van der Waals surface area (Å²) in [7, 11) is 1.62. The summed E-state index contributed by atoms with van der Waals surface area (Å²) in [6.07, 6.45) is 0. The minimum atomic E-state index is -0.330. The van der Waals surface area contributed by atoms with Crippen molar-refractivity contribution in [3.8, 4) is 11.4 Å². The lowest BCUT2D eigenvalue weighted by molar-refractivity contribution is 0.0978. The fourth-order valence-corrected chi connectivity index (χ4v) is 3.81. The molecule has 0 atom stereocenters. The largest absolute Gasteiger partial charge is 0.497 e. The number of carbonyl (C=O) groups excluding carboxylic acids is 1. The molecule has 0 spiro atoms. The number of nitrogens with zero attached hydrogens (tertiary/aromatic N) is 5. The van der Waals surface area contributed by atoms with Gasteiger partial charge in [0.2, 0.25) is 0 Å². The van der Waals surface area contributed by atoms with E-state index in [1.807, 2.05) is 42.5 Å². The highest BCUT2D eigenvalue weighted by Gasteiger charge is 2.11. The molecular formula is C21H15N7O2S2. The van der Waals surface area contributed by atoms with Crippen molar-refractivity contribution in [2.75, 3.05) is 12.4 Å². The van der Waals surface area contributed by atoms with Gasteiger partial charge in [0.05, 0.1) is 24.5 Å². The standard InChI is InChI=1S/C21H15N7O2S2/c1-30-15-6-4-14(5-7-15)28-24-16-9-3-13(11-18(16)25-28)22-21(31)23-20(29)12-2-8-17-19(10-12)27-32-26-17/h2-11H,1H3,(H2,22,23,29,31). The number of ether oxygens (including phenoxy) is 1. The van der Waals surface area contributed by atoms with Crippen LogP contribution in [-0.4, -0.2) is 41.9 Å². The SMILES string of the molecule is COc1ccc(-n2nc3ccc(NC(=S)NC(=O)c4ccc5nsnc5c4)cc3n2)cc1. The molecule has 2 aromatic heterocycles. The molecule has 0 saturated carbocycles. The molecule has 0 fully saturated rings. The summed E-state index contributed by atoms with van der Waals surface area (Å²) in [5.41, 5.74) is 4.78. The predicted octanol–water partition coefficient (Wildman–Crippen LogP) is 3.56. The molecule has 0 radical (unpaired) electrons. The van der Waals surface area contributed by atoms with E-state index in [-0.39, 0.29) is 11.0 Å². The Labute approximate surface area is 191 Å². The Hall–Kier alpha value is -3.96. The maximum absolute atomic E-state index is 12.5. The molecule has 158 valence electrons. The smallest absolute Gasteiger partial charge is 0.257 e. The number of hydrogen-bond acceptors (Lipinski definition) is 8. The van der Waals surface area contributed by atoms with Gasteiger partial charge in [-0.05, 0) is 72.9 Å². The first kappa shape index (κ1) is 20.0. The Bertz CT molecular complexity index is 1460. The number of rotatable bonds is 4. The van der Waals surface area contributed by atoms with E-state index in [4.69, 9.17) is 17.0 Å². The third-order valence-electron chi connectivity index (χ3n) is 4.68. The highest BCUT2D eigenvalue weighted by atomic mass is 32.1. The van der Waals surface area contributed by atoms with Crippen molar-refractivity contribution in [3.05, 3.63) is 66.2 Å². The molecule has 3 aromatic carbocycles. The molecule has 11 heteroatoms. The highest BCUT2D eigenvalue weighted by Crippen LogP contribution is 2.19. The number of nitrogens with one attached hydrogen (secondary N) is 2. The molecule has 0 aliphatic carbocycles. The Morgan fingerprint density at radius 3 is 2.50 bits per heavy atom. The average Bonchev–Trinajstić information content (AvgIpc) is 3.45. The van der Waals surface area contributed by atoms with Crippen molar-refractivity contribution in [2.24, 2.45) is 0 Å². The number of amides is 1. The first-order chi connectivity index (χ1) is 15.6. The summed E-state index contributed by atoms with van der Waals surface area (Å²) >= 11 is 6.40. The molecule has 2 heterocycles. The predicted molar refractivity (Wildman–Crippen MR) is 127 cm³/mol. The van der Waals surface area contributed by atoms with Crippen LogP contribution in [0.15, 0.2) is 60.7 Å². The van der Waals surface area contributed by atoms with Crippen molar-refractivity contribution >= 4 is 62.7 Å². The highest BCUT2D eigenvalue weighted by molar-refractivity contribution is 7.80. The summed E-state index contributed by atoms with van der Waals surface area (Å²) < 4.78 is 13.5. The van der Waals surface area contributed by atoms with E-state index in [1.165, 1.54) is 0 Å². The van der Waals surface area contributed by atoms with Crippen molar-refractivity contribution in [1.82, 2.24) is 29.1 Å². The van der Waals surface area contributed by atoms with E-state index in [2.05, 4.69) is 29.6 Å². The molecule has 0 unspecified atom stereocenters. The molecule has 0 aliphatic heterocycles. The lowest BCUT2D eigenvalue weighted by Gasteiger charge is -2.09. The summed E-state index contributed by atoms with van der Waals surface area (Å²) in [6.45, 7) is 0. The van der Waals surface area contributed by atoms with Crippen molar-refractivity contribution in [2.45, 2.75) is 0 Å². The number of hydrogen-bond donors (Lipinski definition) is 2. The van der Waals surface area contributed by atoms with Gasteiger partial charge in [0.1, 0.15) is 27.8 Å². The van der Waals surface area contributed by atoms with Crippen LogP contribution >= 0.6 is 23.9 Å². The molecule has 5 rings (SSSR count). The summed E-state index contributed by atoms with van der Waals surface area (Å²) in [4.78, 5) is 14.1. The number of carbonyl (C=O) groups is 1. The van der Waals surface area contributed by atoms with Gasteiger partial charge in [-0.25, -0.2) is 0 Å². The number of thiocarbonyl (C=S) groups is 1. The molecule has 5 aromatic rings. The van der Waals surface area contributed by atoms with Gasteiger partial charge in [0.25, 0.3) is 5.91 Å². The zero-order chi connectivity index (χ0) is 22.1. The normalized spacial score (nSPS) is 10.9. The molecule has 0 aliphatic rings. The zero-order valence-electron chi connectivity index (χ0n) is 16.6. The summed E-state index contributed by atoms with van der Waals surface area (Å²) in [5.74, 6) is 0.430. The molecule has 2 N–H and O–H groups in total. The first-order valence-corrected chi connectivity index (χ1v) is 10.6. The average molecular weight is 462 g/mol. The lowest BCUT2D eigenvalue weighted by Crippen LogP contribution is -2.34. The fraction of sp³-hybridized carbons (Fsp3) is 0.0476. The monoisotopic (exact) mass is 461 g/mol. The third kappa shape index (κ3) is 3.98. The van der Waals surface area contributed by atoms with Crippen molar-refractivity contribution in [3.63, 3.8) is 0 Å². The van der Waals surface area contributed by atoms with Gasteiger partial charge in [0, 0.05) is 11.3 Å². The Morgan fingerprint density at radius 1 is 0.938 bits per heavy atom. The van der Waals surface area contributed by atoms with E-state index in [0.717, 1.165) is 34.2 Å². The van der Waals surface area contributed by atoms with Crippen LogP contribution in [0.25, 0.3) is 27.8 Å². The lowest BCUT2D eigenvalue weighted by atomic mass is 10.2. The van der Waals surface area contributed by atoms with Gasteiger partial charge in [-0.2, -0.15) is 13.5 Å². The van der Waals surface area contributed by atoms with Gasteiger partial charge >= 0.3 is 0 Å². The van der Waals surface area contributed by atoms with E-state index >= 15 is 0 Å². The molecule has 32 heavy (non-hydrogen) atoms. The van der Waals surface area contributed by atoms with Crippen LogP contribution in [0, 0.1) is 0 Å². The number of anilines is 1. The van der Waals surface area contributed by atoms with Crippen LogP contribution in [-0.2, 0) is 0 Å². The van der Waals surface area contributed by atoms with Crippen LogP contribution in [0.4, 0.5) is 5.69 Å². The number of fused-ring (bicyclic) bond motifs is 2. The van der Waals surface area contributed by atoms with Gasteiger partial charge < -0.3 is 10.1 Å². The van der Waals surface area contributed by atoms with E-state index in [9.17, 15) is 4.79 Å². The fourth-order valence-electron chi connectivity index (χ4n) is 3.08. The summed E-state index contributed by atoms with van der Waals surface area (Å²) in [5, 5.41) is 14.9. The van der Waals surface area contributed by atoms with Crippen LogP contribution in [0.1, 0.15) is 10.4 Å². The van der Waals surface area contributed by atoms with Gasteiger partial charge in [0.15, 0.2) is 5.11 Å². The second-order valence-corrected chi connectivity index (χ2v) is 7.70. The van der Waals surface area contributed by atoms with Crippen LogP contribution in [0.2, 0.25) is 0 Å². The number of benzene rings is 3. The second kappa shape index (κ2) is 8.29. The third-order valence-corrected chi connectivity index (χ3v) is 5.45. The zero-order valence-corrected chi connectivity index (χ0v) is 18.3. The molecular weight excluding hydrogens is 446 g/mol. The van der Waals surface area contributed by atoms with Gasteiger partial charge in [-0.1, -0.05) is 0 Å². The van der Waals surface area contributed by atoms with E-state index in [0.29, 0.717) is 22.3 Å². The van der Waals surface area contributed by atoms with Crippen LogP contribution in [0.3, 0.4) is 0 Å². The Morgan fingerprint density at radius 2 is 1.69 bits per heavy atom. The maximum atomic E-state index is 12.5. The quantitative estimate of drug-likeness (QED) is 0.391. The topological polar surface area (TPSA) is 107 Å².